The second-order valence-electron chi connectivity index (χ2n) is 3.85. The lowest BCUT2D eigenvalue weighted by molar-refractivity contribution is 0.199. The van der Waals surface area contributed by atoms with Gasteiger partial charge < -0.3 is 4.74 Å². The molecule has 0 aromatic carbocycles. The summed E-state index contributed by atoms with van der Waals surface area (Å²) >= 11 is 0. The van der Waals surface area contributed by atoms with Gasteiger partial charge in [-0.05, 0) is 40.3 Å². The van der Waals surface area contributed by atoms with Crippen molar-refractivity contribution in [2.45, 2.75) is 46.2 Å². The Morgan fingerprint density at radius 3 is 2.08 bits per heavy atom. The minimum absolute atomic E-state index is 0.667. The molecule has 0 aliphatic heterocycles. The van der Waals surface area contributed by atoms with E-state index in [4.69, 9.17) is 4.74 Å². The van der Waals surface area contributed by atoms with E-state index < -0.39 is 0 Å². The standard InChI is InChI=1S/C10H24NOP/c1-9(2)11(10(3)4)13-8-6-7-12-5/h9-10,13H,6-8H2,1-5H3. The Morgan fingerprint density at radius 1 is 1.15 bits per heavy atom. The predicted molar refractivity (Wildman–Crippen MR) is 61.8 cm³/mol. The Hall–Kier alpha value is 0.350. The van der Waals surface area contributed by atoms with Crippen LogP contribution in [0.1, 0.15) is 34.1 Å². The number of hydrogen-bond acceptors (Lipinski definition) is 2. The number of hydrogen-bond donors (Lipinski definition) is 0. The number of methoxy groups -OCH3 is 1. The van der Waals surface area contributed by atoms with Gasteiger partial charge in [-0.15, -0.1) is 0 Å². The summed E-state index contributed by atoms with van der Waals surface area (Å²) in [7, 11) is 2.72. The maximum absolute atomic E-state index is 5.03. The lowest BCUT2D eigenvalue weighted by atomic mass is 10.3. The maximum atomic E-state index is 5.03. The molecule has 0 fully saturated rings. The summed E-state index contributed by atoms with van der Waals surface area (Å²) < 4.78 is 7.58. The van der Waals surface area contributed by atoms with Gasteiger partial charge in [-0.1, -0.05) is 8.73 Å². The summed E-state index contributed by atoms with van der Waals surface area (Å²) in [5, 5.41) is 0. The zero-order chi connectivity index (χ0) is 10.3. The van der Waals surface area contributed by atoms with Crippen molar-refractivity contribution >= 4 is 8.73 Å². The molecule has 1 unspecified atom stereocenters. The average molecular weight is 205 g/mol. The molecule has 2 nitrogen and oxygen atoms in total. The first-order valence-corrected chi connectivity index (χ1v) is 6.25. The lowest BCUT2D eigenvalue weighted by Gasteiger charge is -2.30. The quantitative estimate of drug-likeness (QED) is 0.468. The fraction of sp³-hybridized carbons (Fsp3) is 1.00. The molecule has 0 saturated carbocycles. The second-order valence-corrected chi connectivity index (χ2v) is 5.18. The lowest BCUT2D eigenvalue weighted by Crippen LogP contribution is -2.29. The van der Waals surface area contributed by atoms with E-state index in [1.54, 1.807) is 7.11 Å². The van der Waals surface area contributed by atoms with E-state index in [0.717, 1.165) is 15.3 Å². The van der Waals surface area contributed by atoms with Crippen LogP contribution in [-0.4, -0.2) is 36.6 Å². The third kappa shape index (κ3) is 6.42. The van der Waals surface area contributed by atoms with E-state index in [1.807, 2.05) is 0 Å². The molecule has 0 heterocycles. The molecule has 0 amide bonds. The van der Waals surface area contributed by atoms with Crippen molar-refractivity contribution in [2.24, 2.45) is 0 Å². The molecule has 3 heteroatoms. The molecule has 0 radical (unpaired) electrons. The van der Waals surface area contributed by atoms with Gasteiger partial charge in [0.2, 0.25) is 0 Å². The van der Waals surface area contributed by atoms with Crippen LogP contribution in [0.25, 0.3) is 0 Å². The molecule has 0 aliphatic carbocycles. The normalized spacial score (nSPS) is 12.9. The van der Waals surface area contributed by atoms with Gasteiger partial charge >= 0.3 is 0 Å². The summed E-state index contributed by atoms with van der Waals surface area (Å²) in [6.07, 6.45) is 2.45. The third-order valence-electron chi connectivity index (χ3n) is 1.93. The molecule has 0 aromatic heterocycles. The number of ether oxygens (including phenoxy) is 1. The molecule has 1 atom stereocenters. The Bertz CT molecular complexity index is 109. The van der Waals surface area contributed by atoms with E-state index in [0.29, 0.717) is 12.1 Å². The minimum atomic E-state index is 0.667. The molecule has 13 heavy (non-hydrogen) atoms. The maximum Gasteiger partial charge on any atom is 0.0465 e. The van der Waals surface area contributed by atoms with Gasteiger partial charge in [-0.3, -0.25) is 4.67 Å². The van der Waals surface area contributed by atoms with Crippen LogP contribution in [0.15, 0.2) is 0 Å². The first kappa shape index (κ1) is 13.4. The number of rotatable bonds is 7. The first-order valence-electron chi connectivity index (χ1n) is 5.10. The van der Waals surface area contributed by atoms with Crippen LogP contribution in [0.4, 0.5) is 0 Å². The van der Waals surface area contributed by atoms with Crippen LogP contribution in [-0.2, 0) is 4.74 Å². The molecule has 0 bridgehead atoms. The molecular weight excluding hydrogens is 181 g/mol. The fourth-order valence-corrected chi connectivity index (χ4v) is 2.68. The molecule has 0 spiro atoms. The van der Waals surface area contributed by atoms with Crippen LogP contribution in [0, 0.1) is 0 Å². The van der Waals surface area contributed by atoms with Gasteiger partial charge in [0.15, 0.2) is 0 Å². The molecular formula is C10H24NOP. The Labute approximate surface area is 84.9 Å². The van der Waals surface area contributed by atoms with Crippen LogP contribution in [0.5, 0.6) is 0 Å². The summed E-state index contributed by atoms with van der Waals surface area (Å²) in [5.41, 5.74) is 0. The summed E-state index contributed by atoms with van der Waals surface area (Å²) in [6, 6.07) is 1.33. The second kappa shape index (κ2) is 7.73. The number of nitrogens with zero attached hydrogens (tertiary/aromatic N) is 1. The van der Waals surface area contributed by atoms with E-state index in [2.05, 4.69) is 32.4 Å². The third-order valence-corrected chi connectivity index (χ3v) is 3.91. The van der Waals surface area contributed by atoms with Crippen molar-refractivity contribution in [1.82, 2.24) is 4.67 Å². The first-order chi connectivity index (χ1) is 6.09. The van der Waals surface area contributed by atoms with E-state index >= 15 is 0 Å². The summed E-state index contributed by atoms with van der Waals surface area (Å²) in [5.74, 6) is 0. The highest BCUT2D eigenvalue weighted by Gasteiger charge is 2.11. The minimum Gasteiger partial charge on any atom is -0.385 e. The largest absolute Gasteiger partial charge is 0.385 e. The Balaban J connectivity index is 3.58. The van der Waals surface area contributed by atoms with Crippen LogP contribution >= 0.6 is 8.73 Å². The Morgan fingerprint density at radius 2 is 1.69 bits per heavy atom. The summed E-state index contributed by atoms with van der Waals surface area (Å²) in [4.78, 5) is 0. The highest BCUT2D eigenvalue weighted by Crippen LogP contribution is 2.24. The SMILES string of the molecule is COCCCPN(C(C)C)C(C)C. The molecule has 0 aliphatic rings. The Kier molecular flexibility index (Phi) is 7.93. The zero-order valence-electron chi connectivity index (χ0n) is 9.63. The fourth-order valence-electron chi connectivity index (χ4n) is 1.39. The molecule has 80 valence electrons. The predicted octanol–water partition coefficient (Wildman–Crippen LogP) is 2.74. The van der Waals surface area contributed by atoms with E-state index in [1.165, 1.54) is 12.6 Å². The average Bonchev–Trinajstić information content (AvgIpc) is 2.02. The van der Waals surface area contributed by atoms with E-state index in [-0.39, 0.29) is 0 Å². The van der Waals surface area contributed by atoms with Crippen molar-refractivity contribution in [2.75, 3.05) is 19.9 Å². The van der Waals surface area contributed by atoms with Gasteiger partial charge in [0.25, 0.3) is 0 Å². The monoisotopic (exact) mass is 205 g/mol. The summed E-state index contributed by atoms with van der Waals surface area (Å²) in [6.45, 7) is 9.97. The van der Waals surface area contributed by atoms with Crippen molar-refractivity contribution in [3.8, 4) is 0 Å². The smallest absolute Gasteiger partial charge is 0.0465 e. The van der Waals surface area contributed by atoms with Crippen LogP contribution < -0.4 is 0 Å². The van der Waals surface area contributed by atoms with Gasteiger partial charge in [-0.25, -0.2) is 0 Å². The van der Waals surface area contributed by atoms with Gasteiger partial charge in [0.1, 0.15) is 0 Å². The molecule has 0 saturated heterocycles. The van der Waals surface area contributed by atoms with Crippen molar-refractivity contribution < 1.29 is 4.74 Å². The van der Waals surface area contributed by atoms with Gasteiger partial charge in [-0.2, -0.15) is 0 Å². The van der Waals surface area contributed by atoms with Gasteiger partial charge in [0.05, 0.1) is 0 Å². The van der Waals surface area contributed by atoms with Crippen LogP contribution in [0.3, 0.4) is 0 Å². The zero-order valence-corrected chi connectivity index (χ0v) is 10.6. The molecule has 0 aromatic rings. The van der Waals surface area contributed by atoms with E-state index in [9.17, 15) is 0 Å². The van der Waals surface area contributed by atoms with Gasteiger partial charge in [0, 0.05) is 25.8 Å². The van der Waals surface area contributed by atoms with Crippen molar-refractivity contribution in [3.05, 3.63) is 0 Å². The molecule has 0 rings (SSSR count). The van der Waals surface area contributed by atoms with Crippen LogP contribution in [0.2, 0.25) is 0 Å². The van der Waals surface area contributed by atoms with Crippen molar-refractivity contribution in [1.29, 1.82) is 0 Å². The molecule has 0 N–H and O–H groups in total. The highest BCUT2D eigenvalue weighted by molar-refractivity contribution is 7.35. The topological polar surface area (TPSA) is 12.5 Å². The highest BCUT2D eigenvalue weighted by atomic mass is 31.1. The van der Waals surface area contributed by atoms with Crippen molar-refractivity contribution in [3.63, 3.8) is 0 Å².